The van der Waals surface area contributed by atoms with E-state index in [1.54, 1.807) is 0 Å². The van der Waals surface area contributed by atoms with E-state index >= 15 is 0 Å². The lowest BCUT2D eigenvalue weighted by atomic mass is 9.77. The van der Waals surface area contributed by atoms with Gasteiger partial charge in [0, 0.05) is 17.8 Å². The smallest absolute Gasteiger partial charge is 0.138 e. The Kier molecular flexibility index (Phi) is 6.55. The van der Waals surface area contributed by atoms with Crippen LogP contribution in [0.2, 0.25) is 5.02 Å². The van der Waals surface area contributed by atoms with Gasteiger partial charge in [-0.25, -0.2) is 0 Å². The Hall–Kier alpha value is -3.82. The molecule has 0 saturated carbocycles. The van der Waals surface area contributed by atoms with Crippen molar-refractivity contribution < 1.29 is 4.74 Å². The molecule has 0 radical (unpaired) electrons. The lowest BCUT2D eigenvalue weighted by Crippen LogP contribution is -2.28. The first kappa shape index (κ1) is 23.6. The van der Waals surface area contributed by atoms with Crippen LogP contribution in [0.25, 0.3) is 0 Å². The second kappa shape index (κ2) is 10.3. The maximum atomic E-state index is 6.49. The van der Waals surface area contributed by atoms with Gasteiger partial charge in [0.1, 0.15) is 12.4 Å². The van der Waals surface area contributed by atoms with Crippen LogP contribution in [-0.4, -0.2) is 6.21 Å². The fourth-order valence-electron chi connectivity index (χ4n) is 5.35. The molecular weight excluding hydrogens is 476 g/mol. The molecule has 0 fully saturated rings. The minimum atomic E-state index is 0.291. The predicted molar refractivity (Wildman–Crippen MR) is 153 cm³/mol. The van der Waals surface area contributed by atoms with E-state index in [4.69, 9.17) is 16.3 Å². The van der Waals surface area contributed by atoms with Gasteiger partial charge in [0.25, 0.3) is 0 Å². The molecule has 1 heterocycles. The fraction of sp³-hybridized carbons (Fsp3) is 0.182. The van der Waals surface area contributed by atoms with Crippen molar-refractivity contribution in [2.75, 3.05) is 5.32 Å². The average molecular weight is 505 g/mol. The second-order valence-corrected chi connectivity index (χ2v) is 10.3. The van der Waals surface area contributed by atoms with Gasteiger partial charge in [-0.1, -0.05) is 83.9 Å². The Morgan fingerprint density at radius 2 is 1.78 bits per heavy atom. The van der Waals surface area contributed by atoms with Gasteiger partial charge in [0.05, 0.1) is 16.8 Å². The minimum Gasteiger partial charge on any atom is -0.487 e. The molecular formula is C33H29ClN2O. The molecule has 0 amide bonds. The molecule has 0 aromatic heterocycles. The van der Waals surface area contributed by atoms with Crippen LogP contribution < -0.4 is 10.1 Å². The standard InChI is InChI=1S/C33H29ClN2O/c1-22-9-11-23(12-10-22)21-37-32-18-13-24(19-30(32)34)20-35-26-16-14-25(15-17-26)33-29-7-4-6-27(29)28-5-2-3-8-31(28)36-33/h2-6,8-20,27,29,33,36H,7,21H2,1H3/t27-,29+,33+/m1/s1. The third kappa shape index (κ3) is 5.05. The van der Waals surface area contributed by atoms with Crippen molar-refractivity contribution in [3.63, 3.8) is 0 Å². The molecule has 37 heavy (non-hydrogen) atoms. The van der Waals surface area contributed by atoms with Crippen LogP contribution >= 0.6 is 11.6 Å². The number of benzene rings is 4. The fourth-order valence-corrected chi connectivity index (χ4v) is 5.59. The number of anilines is 1. The summed E-state index contributed by atoms with van der Waals surface area (Å²) in [6, 6.07) is 31.6. The Morgan fingerprint density at radius 1 is 0.973 bits per heavy atom. The van der Waals surface area contributed by atoms with Crippen LogP contribution in [0.3, 0.4) is 0 Å². The molecule has 3 nitrogen and oxygen atoms in total. The van der Waals surface area contributed by atoms with E-state index in [9.17, 15) is 0 Å². The van der Waals surface area contributed by atoms with Crippen molar-refractivity contribution >= 4 is 29.2 Å². The van der Waals surface area contributed by atoms with E-state index in [0.29, 0.717) is 35.3 Å². The van der Waals surface area contributed by atoms with Gasteiger partial charge >= 0.3 is 0 Å². The lowest BCUT2D eigenvalue weighted by molar-refractivity contribution is 0.306. The number of nitrogens with zero attached hydrogens (tertiary/aromatic N) is 1. The normalized spacial score (nSPS) is 19.9. The number of para-hydroxylation sites is 1. The molecule has 184 valence electrons. The van der Waals surface area contributed by atoms with Crippen LogP contribution in [0.15, 0.2) is 108 Å². The number of hydrogen-bond donors (Lipinski definition) is 1. The quantitative estimate of drug-likeness (QED) is 0.210. The number of aryl methyl sites for hydroxylation is 1. The number of fused-ring (bicyclic) bond motifs is 3. The zero-order valence-corrected chi connectivity index (χ0v) is 21.5. The Bertz CT molecular complexity index is 1460. The zero-order valence-electron chi connectivity index (χ0n) is 20.8. The third-order valence-electron chi connectivity index (χ3n) is 7.36. The SMILES string of the molecule is Cc1ccc(COc2ccc(C=Nc3ccc([C@@H]4Nc5ccccc5[C@H]5C=CC[C@@H]54)cc3)cc2Cl)cc1. The highest BCUT2D eigenvalue weighted by atomic mass is 35.5. The summed E-state index contributed by atoms with van der Waals surface area (Å²) in [4.78, 5) is 4.68. The van der Waals surface area contributed by atoms with E-state index in [1.165, 1.54) is 22.4 Å². The Labute approximate surface area is 223 Å². The number of hydrogen-bond acceptors (Lipinski definition) is 3. The topological polar surface area (TPSA) is 33.6 Å². The van der Waals surface area contributed by atoms with Crippen LogP contribution in [-0.2, 0) is 6.61 Å². The first-order valence-electron chi connectivity index (χ1n) is 12.8. The molecule has 6 rings (SSSR count). The van der Waals surface area contributed by atoms with Crippen molar-refractivity contribution in [2.45, 2.75) is 31.9 Å². The highest BCUT2D eigenvalue weighted by molar-refractivity contribution is 6.32. The molecule has 4 aromatic carbocycles. The van der Waals surface area contributed by atoms with E-state index in [2.05, 4.69) is 102 Å². The van der Waals surface area contributed by atoms with Gasteiger partial charge in [0.15, 0.2) is 0 Å². The van der Waals surface area contributed by atoms with Crippen LogP contribution in [0, 0.1) is 12.8 Å². The van der Waals surface area contributed by atoms with E-state index < -0.39 is 0 Å². The Morgan fingerprint density at radius 3 is 2.59 bits per heavy atom. The summed E-state index contributed by atoms with van der Waals surface area (Å²) in [6.45, 7) is 2.56. The third-order valence-corrected chi connectivity index (χ3v) is 7.65. The summed E-state index contributed by atoms with van der Waals surface area (Å²) in [5, 5.41) is 4.37. The van der Waals surface area contributed by atoms with Crippen molar-refractivity contribution in [3.05, 3.63) is 136 Å². The largest absolute Gasteiger partial charge is 0.487 e. The molecule has 0 saturated heterocycles. The van der Waals surface area contributed by atoms with Crippen LogP contribution in [0.5, 0.6) is 5.75 Å². The molecule has 0 unspecified atom stereocenters. The summed E-state index contributed by atoms with van der Waals surface area (Å²) in [5.41, 5.74) is 8.14. The average Bonchev–Trinajstić information content (AvgIpc) is 3.43. The zero-order chi connectivity index (χ0) is 25.2. The summed E-state index contributed by atoms with van der Waals surface area (Å²) < 4.78 is 5.92. The summed E-state index contributed by atoms with van der Waals surface area (Å²) in [5.74, 6) is 1.69. The maximum Gasteiger partial charge on any atom is 0.138 e. The number of aliphatic imine (C=N–C) groups is 1. The van der Waals surface area contributed by atoms with Crippen molar-refractivity contribution in [1.29, 1.82) is 0 Å². The van der Waals surface area contributed by atoms with Crippen molar-refractivity contribution in [1.82, 2.24) is 0 Å². The van der Waals surface area contributed by atoms with Gasteiger partial charge in [-0.2, -0.15) is 0 Å². The van der Waals surface area contributed by atoms with Gasteiger partial charge < -0.3 is 10.1 Å². The molecule has 1 aliphatic carbocycles. The monoisotopic (exact) mass is 504 g/mol. The maximum absolute atomic E-state index is 6.49. The van der Waals surface area contributed by atoms with E-state index in [0.717, 1.165) is 23.2 Å². The number of ether oxygens (including phenoxy) is 1. The number of nitrogens with one attached hydrogen (secondary N) is 1. The van der Waals surface area contributed by atoms with Crippen LogP contribution in [0.4, 0.5) is 11.4 Å². The summed E-state index contributed by atoms with van der Waals surface area (Å²) in [6.07, 6.45) is 7.65. The molecule has 0 spiro atoms. The first-order valence-corrected chi connectivity index (χ1v) is 13.2. The van der Waals surface area contributed by atoms with Crippen molar-refractivity contribution in [3.8, 4) is 5.75 Å². The summed E-state index contributed by atoms with van der Waals surface area (Å²) >= 11 is 6.49. The van der Waals surface area contributed by atoms with E-state index in [1.807, 2.05) is 24.4 Å². The Balaban J connectivity index is 1.12. The number of halogens is 1. The molecule has 1 aliphatic heterocycles. The summed E-state index contributed by atoms with van der Waals surface area (Å²) in [7, 11) is 0. The number of rotatable bonds is 6. The molecule has 0 bridgehead atoms. The molecule has 1 N–H and O–H groups in total. The highest BCUT2D eigenvalue weighted by Crippen LogP contribution is 2.49. The van der Waals surface area contributed by atoms with Gasteiger partial charge in [-0.3, -0.25) is 4.99 Å². The molecule has 4 aromatic rings. The lowest BCUT2D eigenvalue weighted by Gasteiger charge is -2.37. The first-order chi connectivity index (χ1) is 18.1. The molecule has 3 atom stereocenters. The van der Waals surface area contributed by atoms with Gasteiger partial charge in [-0.15, -0.1) is 0 Å². The number of allylic oxidation sites excluding steroid dienone is 2. The van der Waals surface area contributed by atoms with Gasteiger partial charge in [-0.05, 0) is 77.9 Å². The highest BCUT2D eigenvalue weighted by Gasteiger charge is 2.37. The van der Waals surface area contributed by atoms with E-state index in [-0.39, 0.29) is 0 Å². The van der Waals surface area contributed by atoms with Crippen LogP contribution in [0.1, 0.15) is 46.2 Å². The molecule has 2 aliphatic rings. The van der Waals surface area contributed by atoms with Crippen molar-refractivity contribution in [2.24, 2.45) is 10.9 Å². The predicted octanol–water partition coefficient (Wildman–Crippen LogP) is 8.80. The second-order valence-electron chi connectivity index (χ2n) is 9.88. The van der Waals surface area contributed by atoms with Gasteiger partial charge in [0.2, 0.25) is 0 Å². The molecule has 4 heteroatoms. The minimum absolute atomic E-state index is 0.291.